The molecule has 0 heterocycles. The Balaban J connectivity index is 2.91. The molecule has 86 valence electrons. The van der Waals surface area contributed by atoms with Gasteiger partial charge >= 0.3 is 0 Å². The first-order chi connectivity index (χ1) is 7.41. The minimum absolute atomic E-state index is 0.0444. The molecule has 0 amide bonds. The fraction of sp³-hybridized carbons (Fsp3) is 0.273. The van der Waals surface area contributed by atoms with Gasteiger partial charge in [-0.05, 0) is 13.0 Å². The second kappa shape index (κ2) is 4.92. The van der Waals surface area contributed by atoms with Crippen LogP contribution >= 0.6 is 0 Å². The van der Waals surface area contributed by atoms with E-state index in [0.717, 1.165) is 0 Å². The van der Waals surface area contributed by atoms with Crippen molar-refractivity contribution in [1.29, 1.82) is 0 Å². The molecule has 0 aromatic heterocycles. The lowest BCUT2D eigenvalue weighted by Crippen LogP contribution is -2.06. The second-order valence-electron chi connectivity index (χ2n) is 3.37. The van der Waals surface area contributed by atoms with Crippen LogP contribution in [0.5, 0.6) is 0 Å². The first kappa shape index (κ1) is 12.4. The highest BCUT2D eigenvalue weighted by atomic mass is 19.2. The van der Waals surface area contributed by atoms with Crippen molar-refractivity contribution in [3.63, 3.8) is 0 Å². The molecule has 0 aliphatic heterocycles. The summed E-state index contributed by atoms with van der Waals surface area (Å²) in [6.45, 7) is 1.29. The standard InChI is InChI=1S/C11H9F3O2/c1-6(15)2-3-11(16)7-4-9(13)10(14)5-8(7)12/h4-5H,2-3H2,1H3. The van der Waals surface area contributed by atoms with E-state index in [1.165, 1.54) is 6.92 Å². The highest BCUT2D eigenvalue weighted by Gasteiger charge is 2.16. The molecule has 2 nitrogen and oxygen atoms in total. The van der Waals surface area contributed by atoms with E-state index in [0.29, 0.717) is 12.1 Å². The summed E-state index contributed by atoms with van der Waals surface area (Å²) in [5.74, 6) is -4.69. The zero-order valence-electron chi connectivity index (χ0n) is 8.52. The summed E-state index contributed by atoms with van der Waals surface area (Å²) in [6, 6.07) is 0.823. The predicted octanol–water partition coefficient (Wildman–Crippen LogP) is 2.66. The van der Waals surface area contributed by atoms with Crippen molar-refractivity contribution in [2.24, 2.45) is 0 Å². The fourth-order valence-electron chi connectivity index (χ4n) is 1.16. The maximum atomic E-state index is 13.1. The molecule has 5 heteroatoms. The van der Waals surface area contributed by atoms with Gasteiger partial charge < -0.3 is 4.79 Å². The minimum atomic E-state index is -1.35. The number of Topliss-reactive ketones (excluding diaryl/α,β-unsaturated/α-hetero) is 2. The Morgan fingerprint density at radius 1 is 1.00 bits per heavy atom. The third kappa shape index (κ3) is 2.92. The number of halogens is 3. The fourth-order valence-corrected chi connectivity index (χ4v) is 1.16. The molecule has 0 atom stereocenters. The summed E-state index contributed by atoms with van der Waals surface area (Å²) in [6.07, 6.45) is -0.255. The number of rotatable bonds is 4. The van der Waals surface area contributed by atoms with E-state index in [1.807, 2.05) is 0 Å². The molecule has 16 heavy (non-hydrogen) atoms. The average Bonchev–Trinajstić information content (AvgIpc) is 2.20. The minimum Gasteiger partial charge on any atom is -0.300 e. The molecule has 0 saturated carbocycles. The van der Waals surface area contributed by atoms with Gasteiger partial charge in [-0.25, -0.2) is 13.2 Å². The summed E-state index contributed by atoms with van der Waals surface area (Å²) in [4.78, 5) is 22.0. The van der Waals surface area contributed by atoms with Gasteiger partial charge in [-0.3, -0.25) is 4.79 Å². The van der Waals surface area contributed by atoms with Gasteiger partial charge in [-0.1, -0.05) is 0 Å². The lowest BCUT2D eigenvalue weighted by Gasteiger charge is -2.02. The number of ketones is 2. The number of carbonyl (C=O) groups excluding carboxylic acids is 2. The Kier molecular flexibility index (Phi) is 3.82. The van der Waals surface area contributed by atoms with Crippen molar-refractivity contribution in [1.82, 2.24) is 0 Å². The van der Waals surface area contributed by atoms with Crippen molar-refractivity contribution in [3.8, 4) is 0 Å². The molecule has 0 unspecified atom stereocenters. The van der Waals surface area contributed by atoms with Gasteiger partial charge in [0, 0.05) is 18.9 Å². The van der Waals surface area contributed by atoms with Crippen LogP contribution in [0.15, 0.2) is 12.1 Å². The number of benzene rings is 1. The van der Waals surface area contributed by atoms with Gasteiger partial charge in [-0.15, -0.1) is 0 Å². The van der Waals surface area contributed by atoms with E-state index in [4.69, 9.17) is 0 Å². The van der Waals surface area contributed by atoms with Crippen molar-refractivity contribution in [2.45, 2.75) is 19.8 Å². The molecule has 0 aliphatic carbocycles. The zero-order chi connectivity index (χ0) is 12.3. The van der Waals surface area contributed by atoms with Gasteiger partial charge in [-0.2, -0.15) is 0 Å². The van der Waals surface area contributed by atoms with E-state index in [2.05, 4.69) is 0 Å². The normalized spacial score (nSPS) is 10.2. The van der Waals surface area contributed by atoms with E-state index in [-0.39, 0.29) is 18.6 Å². The molecule has 0 saturated heterocycles. The maximum absolute atomic E-state index is 13.1. The third-order valence-electron chi connectivity index (χ3n) is 2.01. The molecule has 1 aromatic rings. The summed E-state index contributed by atoms with van der Waals surface area (Å²) in [5.41, 5.74) is -0.528. The summed E-state index contributed by atoms with van der Waals surface area (Å²) >= 11 is 0. The van der Waals surface area contributed by atoms with Crippen LogP contribution in [0.25, 0.3) is 0 Å². The quantitative estimate of drug-likeness (QED) is 0.588. The van der Waals surface area contributed by atoms with Crippen LogP contribution in [-0.4, -0.2) is 11.6 Å². The van der Waals surface area contributed by atoms with E-state index in [9.17, 15) is 22.8 Å². The molecule has 1 aromatic carbocycles. The highest BCUT2D eigenvalue weighted by molar-refractivity contribution is 5.98. The Bertz CT molecular complexity index is 441. The molecular weight excluding hydrogens is 221 g/mol. The second-order valence-corrected chi connectivity index (χ2v) is 3.37. The molecule has 0 N–H and O–H groups in total. The molecule has 0 radical (unpaired) electrons. The largest absolute Gasteiger partial charge is 0.300 e. The first-order valence-corrected chi connectivity index (χ1v) is 4.59. The maximum Gasteiger partial charge on any atom is 0.166 e. The smallest absolute Gasteiger partial charge is 0.166 e. The van der Waals surface area contributed by atoms with Crippen LogP contribution in [0, 0.1) is 17.5 Å². The van der Waals surface area contributed by atoms with Crippen LogP contribution in [-0.2, 0) is 4.79 Å². The topological polar surface area (TPSA) is 34.1 Å². The molecule has 1 rings (SSSR count). The van der Waals surface area contributed by atoms with Gasteiger partial charge in [0.1, 0.15) is 11.6 Å². The first-order valence-electron chi connectivity index (χ1n) is 4.59. The summed E-state index contributed by atoms with van der Waals surface area (Å²) < 4.78 is 38.4. The zero-order valence-corrected chi connectivity index (χ0v) is 8.52. The molecular formula is C11H9F3O2. The van der Waals surface area contributed by atoms with Crippen LogP contribution < -0.4 is 0 Å². The third-order valence-corrected chi connectivity index (χ3v) is 2.01. The lowest BCUT2D eigenvalue weighted by molar-refractivity contribution is -0.116. The van der Waals surface area contributed by atoms with E-state index >= 15 is 0 Å². The van der Waals surface area contributed by atoms with Crippen molar-refractivity contribution >= 4 is 11.6 Å². The predicted molar refractivity (Wildman–Crippen MR) is 50.6 cm³/mol. The number of hydrogen-bond acceptors (Lipinski definition) is 2. The van der Waals surface area contributed by atoms with Crippen molar-refractivity contribution < 1.29 is 22.8 Å². The SMILES string of the molecule is CC(=O)CCC(=O)c1cc(F)c(F)cc1F. The molecule has 0 bridgehead atoms. The number of carbonyl (C=O) groups is 2. The van der Waals surface area contributed by atoms with Gasteiger partial charge in [0.25, 0.3) is 0 Å². The lowest BCUT2D eigenvalue weighted by atomic mass is 10.0. The molecule has 0 aliphatic rings. The van der Waals surface area contributed by atoms with E-state index < -0.39 is 28.8 Å². The Labute approximate surface area is 90.1 Å². The van der Waals surface area contributed by atoms with E-state index in [1.54, 1.807) is 0 Å². The van der Waals surface area contributed by atoms with Gasteiger partial charge in [0.15, 0.2) is 17.4 Å². The summed E-state index contributed by atoms with van der Waals surface area (Å²) in [5, 5.41) is 0. The number of hydrogen-bond donors (Lipinski definition) is 0. The van der Waals surface area contributed by atoms with Crippen LogP contribution in [0.3, 0.4) is 0 Å². The van der Waals surface area contributed by atoms with Crippen LogP contribution in [0.2, 0.25) is 0 Å². The Morgan fingerprint density at radius 2 is 1.56 bits per heavy atom. The van der Waals surface area contributed by atoms with Gasteiger partial charge in [0.2, 0.25) is 0 Å². The van der Waals surface area contributed by atoms with Crippen LogP contribution in [0.4, 0.5) is 13.2 Å². The van der Waals surface area contributed by atoms with Gasteiger partial charge in [0.05, 0.1) is 5.56 Å². The van der Waals surface area contributed by atoms with Crippen molar-refractivity contribution in [2.75, 3.05) is 0 Å². The van der Waals surface area contributed by atoms with Crippen LogP contribution in [0.1, 0.15) is 30.1 Å². The Morgan fingerprint density at radius 3 is 2.12 bits per heavy atom. The molecule has 0 fully saturated rings. The van der Waals surface area contributed by atoms with Crippen molar-refractivity contribution in [3.05, 3.63) is 35.1 Å². The Hall–Kier alpha value is -1.65. The molecule has 0 spiro atoms. The average molecular weight is 230 g/mol. The highest BCUT2D eigenvalue weighted by Crippen LogP contribution is 2.16. The summed E-state index contributed by atoms with van der Waals surface area (Å²) in [7, 11) is 0. The monoisotopic (exact) mass is 230 g/mol.